The van der Waals surface area contributed by atoms with E-state index in [1.807, 2.05) is 36.4 Å². The molecule has 0 spiro atoms. The minimum absolute atomic E-state index is 0.215. The van der Waals surface area contributed by atoms with E-state index in [1.54, 1.807) is 60.1 Å². The fourth-order valence-corrected chi connectivity index (χ4v) is 3.77. The number of carbonyl (C=O) groups is 2. The number of ether oxygens (including phenoxy) is 4. The molecule has 7 heteroatoms. The van der Waals surface area contributed by atoms with Crippen molar-refractivity contribution in [2.75, 3.05) is 13.2 Å². The quantitative estimate of drug-likeness (QED) is 0.358. The SMILES string of the molecule is CC(C)(C)OC(=O)COC=c1c2ccccc2c(=COCC(=O)OC(C)(C)C)c2cc(Cl)ccc12. The number of esters is 2. The van der Waals surface area contributed by atoms with Gasteiger partial charge in [0.05, 0.1) is 12.5 Å². The van der Waals surface area contributed by atoms with E-state index in [1.165, 1.54) is 0 Å². The normalized spacial score (nSPS) is 13.2. The standard InChI is InChI=1S/C28H31ClO6/c1-27(2,3)34-25(30)16-32-14-23-19-9-7-8-10-20(19)24(22-13-18(29)11-12-21(22)23)15-33-17-26(31)35-28(4,5)6/h7-15H,16-17H2,1-6H3. The van der Waals surface area contributed by atoms with Crippen LogP contribution in [0.4, 0.5) is 0 Å². The van der Waals surface area contributed by atoms with Gasteiger partial charge >= 0.3 is 11.9 Å². The number of halogens is 1. The Balaban J connectivity index is 2.06. The fourth-order valence-electron chi connectivity index (χ4n) is 3.60. The van der Waals surface area contributed by atoms with Crippen molar-refractivity contribution in [3.8, 4) is 0 Å². The number of rotatable bonds is 6. The molecule has 0 N–H and O–H groups in total. The summed E-state index contributed by atoms with van der Waals surface area (Å²) in [5.74, 6) is -0.910. The van der Waals surface area contributed by atoms with Crippen LogP contribution in [-0.4, -0.2) is 36.4 Å². The third-order valence-corrected chi connectivity index (χ3v) is 4.95. The van der Waals surface area contributed by atoms with Crippen LogP contribution in [0.15, 0.2) is 42.5 Å². The average Bonchev–Trinajstić information content (AvgIpc) is 2.72. The van der Waals surface area contributed by atoms with Gasteiger partial charge < -0.3 is 18.9 Å². The highest BCUT2D eigenvalue weighted by Crippen LogP contribution is 2.18. The Morgan fingerprint density at radius 2 is 1.14 bits per heavy atom. The maximum Gasteiger partial charge on any atom is 0.344 e. The molecule has 0 bridgehead atoms. The summed E-state index contributed by atoms with van der Waals surface area (Å²) in [6.45, 7) is 10.4. The number of carbonyl (C=O) groups excluding carboxylic acids is 2. The van der Waals surface area contributed by atoms with E-state index in [4.69, 9.17) is 30.5 Å². The van der Waals surface area contributed by atoms with Crippen LogP contribution in [0.1, 0.15) is 41.5 Å². The van der Waals surface area contributed by atoms with Crippen LogP contribution < -0.4 is 10.4 Å². The average molecular weight is 499 g/mol. The Kier molecular flexibility index (Phi) is 7.96. The second-order valence-electron chi connectivity index (χ2n) is 10.1. The Morgan fingerprint density at radius 1 is 0.714 bits per heavy atom. The molecule has 0 aromatic heterocycles. The van der Waals surface area contributed by atoms with E-state index in [0.717, 1.165) is 32.0 Å². The molecule has 0 aliphatic rings. The van der Waals surface area contributed by atoms with E-state index < -0.39 is 23.1 Å². The van der Waals surface area contributed by atoms with Crippen LogP contribution in [0.2, 0.25) is 5.02 Å². The van der Waals surface area contributed by atoms with E-state index in [-0.39, 0.29) is 13.2 Å². The third-order valence-electron chi connectivity index (χ3n) is 4.71. The van der Waals surface area contributed by atoms with Crippen LogP contribution in [0.3, 0.4) is 0 Å². The first-order chi connectivity index (χ1) is 16.3. The Labute approximate surface area is 210 Å². The number of benzene rings is 3. The van der Waals surface area contributed by atoms with Gasteiger partial charge in [-0.1, -0.05) is 41.9 Å². The molecule has 0 unspecified atom stereocenters. The zero-order valence-electron chi connectivity index (χ0n) is 20.9. The molecule has 3 aromatic carbocycles. The highest BCUT2D eigenvalue weighted by molar-refractivity contribution is 6.31. The van der Waals surface area contributed by atoms with Gasteiger partial charge in [0.25, 0.3) is 0 Å². The third kappa shape index (κ3) is 7.36. The van der Waals surface area contributed by atoms with E-state index >= 15 is 0 Å². The first kappa shape index (κ1) is 26.4. The molecular formula is C28H31ClO6. The Bertz CT molecular complexity index is 1360. The van der Waals surface area contributed by atoms with Gasteiger partial charge in [0.15, 0.2) is 13.2 Å². The minimum atomic E-state index is -0.593. The molecule has 0 aliphatic heterocycles. The van der Waals surface area contributed by atoms with E-state index in [0.29, 0.717) is 5.02 Å². The lowest BCUT2D eigenvalue weighted by atomic mass is 9.98. The molecule has 6 nitrogen and oxygen atoms in total. The molecular weight excluding hydrogens is 468 g/mol. The van der Waals surface area contributed by atoms with Crippen molar-refractivity contribution in [1.82, 2.24) is 0 Å². The molecule has 0 radical (unpaired) electrons. The zero-order valence-corrected chi connectivity index (χ0v) is 21.7. The number of fused-ring (bicyclic) bond motifs is 2. The molecule has 0 aliphatic carbocycles. The van der Waals surface area contributed by atoms with Gasteiger partial charge in [-0.15, -0.1) is 0 Å². The van der Waals surface area contributed by atoms with Crippen LogP contribution in [-0.2, 0) is 28.5 Å². The predicted molar refractivity (Wildman–Crippen MR) is 138 cm³/mol. The number of hydrogen-bond acceptors (Lipinski definition) is 6. The summed E-state index contributed by atoms with van der Waals surface area (Å²) in [5.41, 5.74) is -1.18. The van der Waals surface area contributed by atoms with Gasteiger partial charge in [-0.05, 0) is 75.2 Å². The smallest absolute Gasteiger partial charge is 0.344 e. The minimum Gasteiger partial charge on any atom is -0.489 e. The summed E-state index contributed by atoms with van der Waals surface area (Å²) < 4.78 is 21.9. The Morgan fingerprint density at radius 3 is 1.60 bits per heavy atom. The highest BCUT2D eigenvalue weighted by Gasteiger charge is 2.17. The molecule has 186 valence electrons. The van der Waals surface area contributed by atoms with Crippen molar-refractivity contribution in [3.63, 3.8) is 0 Å². The van der Waals surface area contributed by atoms with Crippen molar-refractivity contribution in [1.29, 1.82) is 0 Å². The molecule has 0 heterocycles. The molecule has 0 fully saturated rings. The van der Waals surface area contributed by atoms with Gasteiger partial charge in [0.2, 0.25) is 0 Å². The van der Waals surface area contributed by atoms with Crippen molar-refractivity contribution >= 4 is 57.6 Å². The van der Waals surface area contributed by atoms with E-state index in [2.05, 4.69) is 0 Å². The molecule has 3 rings (SSSR count). The van der Waals surface area contributed by atoms with Gasteiger partial charge in [-0.2, -0.15) is 0 Å². The predicted octanol–water partition coefficient (Wildman–Crippen LogP) is 4.84. The first-order valence-corrected chi connectivity index (χ1v) is 11.7. The molecule has 0 atom stereocenters. The largest absolute Gasteiger partial charge is 0.489 e. The molecule has 0 saturated heterocycles. The monoisotopic (exact) mass is 498 g/mol. The first-order valence-electron chi connectivity index (χ1n) is 11.3. The lowest BCUT2D eigenvalue weighted by molar-refractivity contribution is -0.158. The summed E-state index contributed by atoms with van der Waals surface area (Å²) >= 11 is 6.33. The molecule has 0 amide bonds. The van der Waals surface area contributed by atoms with Gasteiger partial charge in [-0.25, -0.2) is 9.59 Å². The highest BCUT2D eigenvalue weighted by atomic mass is 35.5. The van der Waals surface area contributed by atoms with Crippen LogP contribution in [0.25, 0.3) is 34.1 Å². The second-order valence-corrected chi connectivity index (χ2v) is 10.5. The van der Waals surface area contributed by atoms with Gasteiger partial charge in [0, 0.05) is 15.5 Å². The van der Waals surface area contributed by atoms with E-state index in [9.17, 15) is 9.59 Å². The summed E-state index contributed by atoms with van der Waals surface area (Å²) in [4.78, 5) is 24.2. The molecule has 35 heavy (non-hydrogen) atoms. The van der Waals surface area contributed by atoms with Crippen molar-refractivity contribution < 1.29 is 28.5 Å². The van der Waals surface area contributed by atoms with Crippen molar-refractivity contribution in [2.24, 2.45) is 0 Å². The molecule has 0 saturated carbocycles. The topological polar surface area (TPSA) is 71.1 Å². The lowest BCUT2D eigenvalue weighted by Crippen LogP contribution is -2.26. The maximum absolute atomic E-state index is 12.1. The van der Waals surface area contributed by atoms with Crippen LogP contribution >= 0.6 is 11.6 Å². The lowest BCUT2D eigenvalue weighted by Gasteiger charge is -2.19. The van der Waals surface area contributed by atoms with Crippen LogP contribution in [0.5, 0.6) is 0 Å². The van der Waals surface area contributed by atoms with Crippen molar-refractivity contribution in [2.45, 2.75) is 52.7 Å². The van der Waals surface area contributed by atoms with Gasteiger partial charge in [0.1, 0.15) is 11.2 Å². The zero-order chi connectivity index (χ0) is 25.8. The summed E-state index contributed by atoms with van der Waals surface area (Å²) in [6, 6.07) is 13.2. The summed E-state index contributed by atoms with van der Waals surface area (Å²) in [5, 5.41) is 5.54. The summed E-state index contributed by atoms with van der Waals surface area (Å²) in [7, 11) is 0. The number of hydrogen-bond donors (Lipinski definition) is 0. The molecule has 3 aromatic rings. The Hall–Kier alpha value is -3.25. The van der Waals surface area contributed by atoms with Crippen LogP contribution in [0, 0.1) is 0 Å². The summed E-state index contributed by atoms with van der Waals surface area (Å²) in [6.07, 6.45) is 3.12. The van der Waals surface area contributed by atoms with Gasteiger partial charge in [-0.3, -0.25) is 0 Å². The second kappa shape index (κ2) is 10.6. The fraction of sp³-hybridized carbons (Fsp3) is 0.357. The maximum atomic E-state index is 12.1. The van der Waals surface area contributed by atoms with Crippen molar-refractivity contribution in [3.05, 3.63) is 57.9 Å².